The molecular weight excluding hydrogens is 412 g/mol. The van der Waals surface area contributed by atoms with Crippen LogP contribution in [0, 0.1) is 0 Å². The average Bonchev–Trinajstić information content (AvgIpc) is 2.88. The van der Waals surface area contributed by atoms with Gasteiger partial charge in [0.15, 0.2) is 0 Å². The Kier molecular flexibility index (Phi) is 5.71. The molecule has 1 aliphatic heterocycles. The summed E-state index contributed by atoms with van der Waals surface area (Å²) in [6, 6.07) is 13.8. The molecule has 0 bridgehead atoms. The van der Waals surface area contributed by atoms with Gasteiger partial charge in [0.25, 0.3) is 5.91 Å². The molecule has 27 heavy (non-hydrogen) atoms. The smallest absolute Gasteiger partial charge is 0.256 e. The number of benzene rings is 2. The van der Waals surface area contributed by atoms with Crippen molar-refractivity contribution in [2.24, 2.45) is 0 Å². The van der Waals surface area contributed by atoms with Crippen molar-refractivity contribution in [2.75, 3.05) is 11.9 Å². The van der Waals surface area contributed by atoms with Gasteiger partial charge in [0.05, 0.1) is 12.1 Å². The third kappa shape index (κ3) is 4.62. The SMILES string of the molecule is O=C(CCN1C(=O)C/C(=C\c2cccc(Br)c2)C1=O)Nc1ccccc1O. The number of para-hydroxylation sites is 2. The number of phenols is 1. The Balaban J connectivity index is 1.62. The topological polar surface area (TPSA) is 86.7 Å². The number of hydrogen-bond acceptors (Lipinski definition) is 4. The van der Waals surface area contributed by atoms with Crippen LogP contribution in [0.1, 0.15) is 18.4 Å². The zero-order valence-corrected chi connectivity index (χ0v) is 15.9. The Labute approximate surface area is 164 Å². The van der Waals surface area contributed by atoms with Crippen molar-refractivity contribution < 1.29 is 19.5 Å². The van der Waals surface area contributed by atoms with Gasteiger partial charge in [-0.15, -0.1) is 0 Å². The second kappa shape index (κ2) is 8.18. The molecule has 0 unspecified atom stereocenters. The molecule has 1 fully saturated rings. The maximum absolute atomic E-state index is 12.5. The van der Waals surface area contributed by atoms with Crippen LogP contribution in [-0.4, -0.2) is 34.3 Å². The molecule has 0 saturated carbocycles. The molecular formula is C20H17BrN2O4. The monoisotopic (exact) mass is 428 g/mol. The quantitative estimate of drug-likeness (QED) is 0.434. The van der Waals surface area contributed by atoms with Crippen LogP contribution in [0.15, 0.2) is 58.6 Å². The van der Waals surface area contributed by atoms with Crippen molar-refractivity contribution in [3.8, 4) is 5.75 Å². The minimum Gasteiger partial charge on any atom is -0.506 e. The summed E-state index contributed by atoms with van der Waals surface area (Å²) in [6.45, 7) is -0.00702. The normalized spacial score (nSPS) is 15.4. The number of carbonyl (C=O) groups is 3. The Morgan fingerprint density at radius 2 is 1.96 bits per heavy atom. The summed E-state index contributed by atoms with van der Waals surface area (Å²) >= 11 is 3.37. The molecule has 2 aromatic rings. The summed E-state index contributed by atoms with van der Waals surface area (Å²) in [5.41, 5.74) is 1.51. The maximum Gasteiger partial charge on any atom is 0.256 e. The highest BCUT2D eigenvalue weighted by atomic mass is 79.9. The van der Waals surface area contributed by atoms with Gasteiger partial charge in [0, 0.05) is 23.0 Å². The van der Waals surface area contributed by atoms with Gasteiger partial charge in [-0.05, 0) is 35.9 Å². The highest BCUT2D eigenvalue weighted by Crippen LogP contribution is 2.24. The number of carbonyl (C=O) groups excluding carboxylic acids is 3. The lowest BCUT2D eigenvalue weighted by atomic mass is 10.1. The van der Waals surface area contributed by atoms with E-state index in [0.717, 1.165) is 14.9 Å². The van der Waals surface area contributed by atoms with E-state index in [1.54, 1.807) is 24.3 Å². The summed E-state index contributed by atoms with van der Waals surface area (Å²) in [6.07, 6.45) is 1.66. The number of amides is 3. The van der Waals surface area contributed by atoms with E-state index in [1.807, 2.05) is 24.3 Å². The predicted molar refractivity (Wildman–Crippen MR) is 105 cm³/mol. The largest absolute Gasteiger partial charge is 0.506 e. The Morgan fingerprint density at radius 3 is 2.70 bits per heavy atom. The molecule has 0 aromatic heterocycles. The van der Waals surface area contributed by atoms with Crippen molar-refractivity contribution in [1.29, 1.82) is 0 Å². The zero-order valence-electron chi connectivity index (χ0n) is 14.3. The third-order valence-electron chi connectivity index (χ3n) is 4.09. The van der Waals surface area contributed by atoms with Gasteiger partial charge < -0.3 is 10.4 Å². The number of imide groups is 1. The lowest BCUT2D eigenvalue weighted by Gasteiger charge is -2.13. The molecule has 1 heterocycles. The first-order chi connectivity index (χ1) is 12.9. The van der Waals surface area contributed by atoms with Crippen molar-refractivity contribution in [2.45, 2.75) is 12.8 Å². The average molecular weight is 429 g/mol. The van der Waals surface area contributed by atoms with Crippen LogP contribution in [0.2, 0.25) is 0 Å². The molecule has 1 saturated heterocycles. The Hall–Kier alpha value is -2.93. The minimum atomic E-state index is -0.387. The first-order valence-electron chi connectivity index (χ1n) is 8.33. The van der Waals surface area contributed by atoms with E-state index in [-0.39, 0.29) is 48.5 Å². The van der Waals surface area contributed by atoms with Crippen LogP contribution in [0.4, 0.5) is 5.69 Å². The van der Waals surface area contributed by atoms with Crippen molar-refractivity contribution in [1.82, 2.24) is 4.90 Å². The minimum absolute atomic E-state index is 0.00702. The summed E-state index contributed by atoms with van der Waals surface area (Å²) < 4.78 is 0.881. The van der Waals surface area contributed by atoms with Crippen molar-refractivity contribution in [3.63, 3.8) is 0 Å². The second-order valence-corrected chi connectivity index (χ2v) is 6.98. The van der Waals surface area contributed by atoms with E-state index in [9.17, 15) is 19.5 Å². The van der Waals surface area contributed by atoms with Crippen LogP contribution in [0.25, 0.3) is 6.08 Å². The molecule has 0 aliphatic carbocycles. The fourth-order valence-corrected chi connectivity index (χ4v) is 3.18. The summed E-state index contributed by atoms with van der Waals surface area (Å²) in [5, 5.41) is 12.2. The zero-order chi connectivity index (χ0) is 19.4. The molecule has 0 atom stereocenters. The van der Waals surface area contributed by atoms with E-state index in [2.05, 4.69) is 21.2 Å². The number of likely N-dealkylation sites (tertiary alicyclic amines) is 1. The molecule has 2 aromatic carbocycles. The lowest BCUT2D eigenvalue weighted by molar-refractivity contribution is -0.137. The van der Waals surface area contributed by atoms with E-state index in [4.69, 9.17) is 0 Å². The number of rotatable bonds is 5. The summed E-state index contributed by atoms with van der Waals surface area (Å²) in [4.78, 5) is 37.8. The molecule has 3 rings (SSSR count). The number of hydrogen-bond donors (Lipinski definition) is 2. The fraction of sp³-hybridized carbons (Fsp3) is 0.150. The molecule has 0 radical (unpaired) electrons. The third-order valence-corrected chi connectivity index (χ3v) is 4.59. The number of aromatic hydroxyl groups is 1. The summed E-state index contributed by atoms with van der Waals surface area (Å²) in [7, 11) is 0. The van der Waals surface area contributed by atoms with Crippen LogP contribution < -0.4 is 5.32 Å². The molecule has 1 aliphatic rings. The van der Waals surface area contributed by atoms with E-state index in [1.165, 1.54) is 6.07 Å². The molecule has 0 spiro atoms. The molecule has 7 heteroatoms. The van der Waals surface area contributed by atoms with Gasteiger partial charge in [-0.3, -0.25) is 19.3 Å². The number of nitrogens with one attached hydrogen (secondary N) is 1. The standard InChI is InChI=1S/C20H17BrN2O4/c21-15-5-3-4-13(11-15)10-14-12-19(26)23(20(14)27)9-8-18(25)22-16-6-1-2-7-17(16)24/h1-7,10-11,24H,8-9,12H2,(H,22,25)/b14-10+. The van der Waals surface area contributed by atoms with Crippen molar-refractivity contribution in [3.05, 3.63) is 64.1 Å². The Bertz CT molecular complexity index is 939. The highest BCUT2D eigenvalue weighted by molar-refractivity contribution is 9.10. The predicted octanol–water partition coefficient (Wildman–Crippen LogP) is 3.33. The van der Waals surface area contributed by atoms with Crippen LogP contribution >= 0.6 is 15.9 Å². The number of halogens is 1. The number of nitrogens with zero attached hydrogens (tertiary/aromatic N) is 1. The summed E-state index contributed by atoms with van der Waals surface area (Å²) in [5.74, 6) is -1.13. The highest BCUT2D eigenvalue weighted by Gasteiger charge is 2.33. The molecule has 138 valence electrons. The van der Waals surface area contributed by atoms with Gasteiger partial charge >= 0.3 is 0 Å². The number of anilines is 1. The van der Waals surface area contributed by atoms with E-state index >= 15 is 0 Å². The Morgan fingerprint density at radius 1 is 1.19 bits per heavy atom. The van der Waals surface area contributed by atoms with Crippen LogP contribution in [-0.2, 0) is 14.4 Å². The number of phenolic OH excluding ortho intramolecular Hbond substituents is 1. The lowest BCUT2D eigenvalue weighted by Crippen LogP contribution is -2.32. The molecule has 6 nitrogen and oxygen atoms in total. The first-order valence-corrected chi connectivity index (χ1v) is 9.12. The van der Waals surface area contributed by atoms with Gasteiger partial charge in [0.1, 0.15) is 5.75 Å². The molecule has 3 amide bonds. The van der Waals surface area contributed by atoms with Gasteiger partial charge in [0.2, 0.25) is 11.8 Å². The van der Waals surface area contributed by atoms with E-state index in [0.29, 0.717) is 5.57 Å². The fourth-order valence-electron chi connectivity index (χ4n) is 2.76. The van der Waals surface area contributed by atoms with Crippen LogP contribution in [0.3, 0.4) is 0 Å². The van der Waals surface area contributed by atoms with E-state index < -0.39 is 0 Å². The van der Waals surface area contributed by atoms with Gasteiger partial charge in [-0.2, -0.15) is 0 Å². The molecule has 2 N–H and O–H groups in total. The second-order valence-electron chi connectivity index (χ2n) is 6.07. The van der Waals surface area contributed by atoms with Crippen molar-refractivity contribution >= 4 is 45.4 Å². The van der Waals surface area contributed by atoms with Gasteiger partial charge in [-0.1, -0.05) is 40.2 Å². The first kappa shape index (κ1) is 18.8. The van der Waals surface area contributed by atoms with Gasteiger partial charge in [-0.25, -0.2) is 0 Å². The van der Waals surface area contributed by atoms with Crippen LogP contribution in [0.5, 0.6) is 5.75 Å². The maximum atomic E-state index is 12.5.